The van der Waals surface area contributed by atoms with Gasteiger partial charge in [0.15, 0.2) is 0 Å². The zero-order valence-corrected chi connectivity index (χ0v) is 15.8. The lowest BCUT2D eigenvalue weighted by Crippen LogP contribution is -2.54. The minimum atomic E-state index is -0.168. The van der Waals surface area contributed by atoms with Crippen LogP contribution in [0.3, 0.4) is 0 Å². The van der Waals surface area contributed by atoms with Gasteiger partial charge in [0.25, 0.3) is 0 Å². The molecule has 0 N–H and O–H groups in total. The summed E-state index contributed by atoms with van der Waals surface area (Å²) in [6, 6.07) is 11.4. The molecule has 2 saturated heterocycles. The first-order chi connectivity index (χ1) is 12.2. The van der Waals surface area contributed by atoms with E-state index < -0.39 is 0 Å². The second-order valence-corrected chi connectivity index (χ2v) is 7.88. The summed E-state index contributed by atoms with van der Waals surface area (Å²) in [5, 5.41) is 0. The van der Waals surface area contributed by atoms with Gasteiger partial charge in [0.05, 0.1) is 5.56 Å². The van der Waals surface area contributed by atoms with E-state index in [4.69, 9.17) is 4.74 Å². The molecule has 0 saturated carbocycles. The molecule has 2 fully saturated rings. The molecular weight excluding hydrogens is 310 g/mol. The Bertz CT molecular complexity index is 542. The highest BCUT2D eigenvalue weighted by atomic mass is 16.5. The number of fused-ring (bicyclic) bond motifs is 1. The smallest absolute Gasteiger partial charge is 0.338 e. The van der Waals surface area contributed by atoms with Crippen LogP contribution in [0.25, 0.3) is 0 Å². The fourth-order valence-corrected chi connectivity index (χ4v) is 4.88. The van der Waals surface area contributed by atoms with Gasteiger partial charge >= 0.3 is 5.97 Å². The largest absolute Gasteiger partial charge is 0.459 e. The van der Waals surface area contributed by atoms with Gasteiger partial charge in [0, 0.05) is 18.1 Å². The van der Waals surface area contributed by atoms with E-state index in [0.29, 0.717) is 17.6 Å². The predicted molar refractivity (Wildman–Crippen MR) is 102 cm³/mol. The minimum absolute atomic E-state index is 0.0376. The molecule has 0 spiro atoms. The second kappa shape index (κ2) is 8.84. The van der Waals surface area contributed by atoms with Gasteiger partial charge in [-0.15, -0.1) is 0 Å². The normalized spacial score (nSPS) is 28.2. The number of carbonyl (C=O) groups excluding carboxylic acids is 1. The first-order valence-electron chi connectivity index (χ1n) is 10.2. The summed E-state index contributed by atoms with van der Waals surface area (Å²) < 4.78 is 5.93. The highest BCUT2D eigenvalue weighted by molar-refractivity contribution is 5.89. The van der Waals surface area contributed by atoms with Crippen LogP contribution < -0.4 is 0 Å². The standard InChI is InChI=1S/C22H33NO2/c1-3-9-21(25-22(24)18-11-5-4-6-12-18)16-20-15-8-14-19-13-7-10-17(2)23(19)20/h4-6,11-12,17,19-21H,3,7-10,13-16H2,1-2H3. The maximum absolute atomic E-state index is 12.5. The lowest BCUT2D eigenvalue weighted by molar-refractivity contribution is -0.0219. The van der Waals surface area contributed by atoms with Gasteiger partial charge < -0.3 is 4.74 Å². The van der Waals surface area contributed by atoms with Crippen molar-refractivity contribution >= 4 is 5.97 Å². The highest BCUT2D eigenvalue weighted by Gasteiger charge is 2.37. The lowest BCUT2D eigenvalue weighted by atomic mass is 9.83. The zero-order valence-electron chi connectivity index (χ0n) is 15.8. The number of piperidine rings is 2. The van der Waals surface area contributed by atoms with Gasteiger partial charge in [-0.1, -0.05) is 44.4 Å². The molecule has 3 nitrogen and oxygen atoms in total. The van der Waals surface area contributed by atoms with Crippen molar-refractivity contribution in [3.63, 3.8) is 0 Å². The molecule has 0 amide bonds. The van der Waals surface area contributed by atoms with E-state index in [1.54, 1.807) is 0 Å². The molecule has 0 aliphatic carbocycles. The molecule has 1 aromatic carbocycles. The average Bonchev–Trinajstić information content (AvgIpc) is 2.63. The molecule has 3 rings (SSSR count). The van der Waals surface area contributed by atoms with Crippen molar-refractivity contribution in [3.8, 4) is 0 Å². The van der Waals surface area contributed by atoms with E-state index in [1.165, 1.54) is 38.5 Å². The Morgan fingerprint density at radius 1 is 1.16 bits per heavy atom. The van der Waals surface area contributed by atoms with E-state index >= 15 is 0 Å². The minimum Gasteiger partial charge on any atom is -0.459 e. The van der Waals surface area contributed by atoms with Crippen LogP contribution >= 0.6 is 0 Å². The third-order valence-electron chi connectivity index (χ3n) is 6.01. The Morgan fingerprint density at radius 3 is 2.60 bits per heavy atom. The topological polar surface area (TPSA) is 29.5 Å². The number of hydrogen-bond acceptors (Lipinski definition) is 3. The maximum atomic E-state index is 12.5. The number of carbonyl (C=O) groups is 1. The predicted octanol–water partition coefficient (Wildman–Crippen LogP) is 5.20. The zero-order chi connectivity index (χ0) is 17.6. The van der Waals surface area contributed by atoms with Crippen LogP contribution in [0.1, 0.15) is 82.0 Å². The Morgan fingerprint density at radius 2 is 1.88 bits per heavy atom. The molecule has 1 aromatic rings. The number of ether oxygens (including phenoxy) is 1. The molecule has 2 aliphatic heterocycles. The van der Waals surface area contributed by atoms with Gasteiger partial charge in [-0.3, -0.25) is 4.90 Å². The lowest BCUT2D eigenvalue weighted by Gasteiger charge is -2.49. The van der Waals surface area contributed by atoms with E-state index in [-0.39, 0.29) is 12.1 Å². The molecule has 2 heterocycles. The summed E-state index contributed by atoms with van der Waals surface area (Å²) in [7, 11) is 0. The van der Waals surface area contributed by atoms with Crippen LogP contribution in [0, 0.1) is 0 Å². The summed E-state index contributed by atoms with van der Waals surface area (Å²) in [5.74, 6) is -0.168. The second-order valence-electron chi connectivity index (χ2n) is 7.88. The molecule has 25 heavy (non-hydrogen) atoms. The van der Waals surface area contributed by atoms with Crippen molar-refractivity contribution in [2.24, 2.45) is 0 Å². The summed E-state index contributed by atoms with van der Waals surface area (Å²) >= 11 is 0. The van der Waals surface area contributed by atoms with E-state index in [0.717, 1.165) is 25.3 Å². The van der Waals surface area contributed by atoms with E-state index in [1.807, 2.05) is 30.3 Å². The third kappa shape index (κ3) is 4.63. The Hall–Kier alpha value is -1.35. The quantitative estimate of drug-likeness (QED) is 0.665. The monoisotopic (exact) mass is 343 g/mol. The van der Waals surface area contributed by atoms with Crippen LogP contribution in [0.2, 0.25) is 0 Å². The van der Waals surface area contributed by atoms with Gasteiger partial charge in [-0.25, -0.2) is 4.79 Å². The summed E-state index contributed by atoms with van der Waals surface area (Å²) in [4.78, 5) is 15.3. The fraction of sp³-hybridized carbons (Fsp3) is 0.682. The number of esters is 1. The van der Waals surface area contributed by atoms with Gasteiger partial charge in [-0.2, -0.15) is 0 Å². The highest BCUT2D eigenvalue weighted by Crippen LogP contribution is 2.36. The van der Waals surface area contributed by atoms with E-state index in [9.17, 15) is 4.79 Å². The van der Waals surface area contributed by atoms with Crippen LogP contribution in [-0.2, 0) is 4.74 Å². The molecule has 138 valence electrons. The summed E-state index contributed by atoms with van der Waals surface area (Å²) in [5.41, 5.74) is 0.663. The molecule has 0 radical (unpaired) electrons. The first kappa shape index (κ1) is 18.4. The Labute approximate surface area is 152 Å². The molecule has 4 atom stereocenters. The summed E-state index contributed by atoms with van der Waals surface area (Å²) in [6.07, 6.45) is 11.0. The van der Waals surface area contributed by atoms with Crippen LogP contribution in [0.5, 0.6) is 0 Å². The Balaban J connectivity index is 1.65. The van der Waals surface area contributed by atoms with E-state index in [2.05, 4.69) is 18.7 Å². The number of hydrogen-bond donors (Lipinski definition) is 0. The van der Waals surface area contributed by atoms with Gasteiger partial charge in [0.2, 0.25) is 0 Å². The molecule has 4 unspecified atom stereocenters. The van der Waals surface area contributed by atoms with Crippen molar-refractivity contribution in [1.82, 2.24) is 4.90 Å². The van der Waals surface area contributed by atoms with Crippen molar-refractivity contribution < 1.29 is 9.53 Å². The van der Waals surface area contributed by atoms with Crippen molar-refractivity contribution in [2.75, 3.05) is 0 Å². The molecular formula is C22H33NO2. The van der Waals surface area contributed by atoms with Crippen LogP contribution in [0.4, 0.5) is 0 Å². The summed E-state index contributed by atoms with van der Waals surface area (Å²) in [6.45, 7) is 4.56. The first-order valence-corrected chi connectivity index (χ1v) is 10.2. The van der Waals surface area contributed by atoms with Crippen molar-refractivity contribution in [3.05, 3.63) is 35.9 Å². The average molecular weight is 344 g/mol. The van der Waals surface area contributed by atoms with Crippen molar-refractivity contribution in [1.29, 1.82) is 0 Å². The third-order valence-corrected chi connectivity index (χ3v) is 6.01. The Kier molecular flexibility index (Phi) is 6.52. The number of benzene rings is 1. The SMILES string of the molecule is CCCC(CC1CCCC2CCCC(C)N21)OC(=O)c1ccccc1. The maximum Gasteiger partial charge on any atom is 0.338 e. The number of nitrogens with zero attached hydrogens (tertiary/aromatic N) is 1. The van der Waals surface area contributed by atoms with Crippen LogP contribution in [0.15, 0.2) is 30.3 Å². The number of rotatable bonds is 6. The molecule has 2 aliphatic rings. The van der Waals surface area contributed by atoms with Crippen LogP contribution in [-0.4, -0.2) is 35.1 Å². The molecule has 0 bridgehead atoms. The molecule has 3 heteroatoms. The fourth-order valence-electron chi connectivity index (χ4n) is 4.88. The van der Waals surface area contributed by atoms with Gasteiger partial charge in [-0.05, 0) is 57.6 Å². The van der Waals surface area contributed by atoms with Gasteiger partial charge in [0.1, 0.15) is 6.10 Å². The van der Waals surface area contributed by atoms with Crippen molar-refractivity contribution in [2.45, 2.75) is 95.9 Å². The molecule has 0 aromatic heterocycles.